The Bertz CT molecular complexity index is 568. The van der Waals surface area contributed by atoms with Crippen LogP contribution in [-0.2, 0) is 0 Å². The predicted octanol–water partition coefficient (Wildman–Crippen LogP) is 3.39. The minimum absolute atomic E-state index is 0.00746. The van der Waals surface area contributed by atoms with Crippen molar-refractivity contribution in [3.63, 3.8) is 0 Å². The Kier molecular flexibility index (Phi) is 5.56. The van der Waals surface area contributed by atoms with E-state index >= 15 is 0 Å². The molecule has 0 bridgehead atoms. The Morgan fingerprint density at radius 3 is 2.60 bits per heavy atom. The van der Waals surface area contributed by atoms with Crippen molar-refractivity contribution < 1.29 is 4.79 Å². The van der Waals surface area contributed by atoms with Crippen LogP contribution in [-0.4, -0.2) is 31.4 Å². The van der Waals surface area contributed by atoms with E-state index in [4.69, 9.17) is 0 Å². The zero-order valence-electron chi connectivity index (χ0n) is 11.5. The number of carbonyl (C=O) groups is 1. The van der Waals surface area contributed by atoms with Gasteiger partial charge in [-0.05, 0) is 48.3 Å². The Balaban J connectivity index is 2.01. The normalized spacial score (nSPS) is 12.4. The lowest BCUT2D eigenvalue weighted by Crippen LogP contribution is -2.34. The minimum atomic E-state index is -0.00746. The maximum absolute atomic E-state index is 12.1. The number of halogens is 1. The van der Waals surface area contributed by atoms with E-state index in [0.717, 1.165) is 8.45 Å². The summed E-state index contributed by atoms with van der Waals surface area (Å²) in [7, 11) is 4.05. The number of thiophene rings is 1. The third-order valence-electron chi connectivity index (χ3n) is 3.09. The second kappa shape index (κ2) is 7.19. The van der Waals surface area contributed by atoms with Gasteiger partial charge in [-0.15, -0.1) is 11.3 Å². The number of nitrogens with one attached hydrogen (secondary N) is 1. The van der Waals surface area contributed by atoms with Crippen molar-refractivity contribution in [2.45, 2.75) is 6.04 Å². The van der Waals surface area contributed by atoms with Gasteiger partial charge < -0.3 is 10.2 Å². The zero-order chi connectivity index (χ0) is 14.5. The van der Waals surface area contributed by atoms with E-state index in [1.807, 2.05) is 43.7 Å². The van der Waals surface area contributed by atoms with Crippen LogP contribution in [0.25, 0.3) is 0 Å². The molecule has 0 saturated heterocycles. The van der Waals surface area contributed by atoms with Gasteiger partial charge >= 0.3 is 0 Å². The fourth-order valence-corrected chi connectivity index (χ4v) is 3.32. The summed E-state index contributed by atoms with van der Waals surface area (Å²) in [6.07, 6.45) is 0. The molecule has 0 radical (unpaired) electrons. The minimum Gasteiger partial charge on any atom is -0.350 e. The summed E-state index contributed by atoms with van der Waals surface area (Å²) in [5.74, 6) is -0.00746. The highest BCUT2D eigenvalue weighted by Gasteiger charge is 2.16. The topological polar surface area (TPSA) is 32.3 Å². The molecule has 0 fully saturated rings. The van der Waals surface area contributed by atoms with E-state index in [1.54, 1.807) is 11.3 Å². The second-order valence-electron chi connectivity index (χ2n) is 4.74. The molecule has 1 aromatic carbocycles. The molecule has 0 aliphatic rings. The van der Waals surface area contributed by atoms with Crippen molar-refractivity contribution in [3.8, 4) is 0 Å². The van der Waals surface area contributed by atoms with Crippen molar-refractivity contribution in [3.05, 3.63) is 55.8 Å². The van der Waals surface area contributed by atoms with Crippen molar-refractivity contribution in [1.29, 1.82) is 0 Å². The summed E-state index contributed by atoms with van der Waals surface area (Å²) in [5, 5.41) is 4.91. The van der Waals surface area contributed by atoms with Gasteiger partial charge in [0, 0.05) is 11.9 Å². The van der Waals surface area contributed by atoms with Crippen molar-refractivity contribution >= 4 is 39.8 Å². The van der Waals surface area contributed by atoms with E-state index in [-0.39, 0.29) is 11.9 Å². The second-order valence-corrected chi connectivity index (χ2v) is 7.55. The van der Waals surface area contributed by atoms with Crippen molar-refractivity contribution in [2.75, 3.05) is 20.6 Å². The Morgan fingerprint density at radius 2 is 2.05 bits per heavy atom. The van der Waals surface area contributed by atoms with Crippen LogP contribution in [0.15, 0.2) is 41.8 Å². The largest absolute Gasteiger partial charge is 0.350 e. The lowest BCUT2D eigenvalue weighted by molar-refractivity contribution is 0.0942. The first-order valence-electron chi connectivity index (χ1n) is 6.31. The molecule has 0 aliphatic carbocycles. The molecule has 5 heteroatoms. The molecule has 2 rings (SSSR count). The first-order valence-corrected chi connectivity index (χ1v) is 8.27. The molecule has 1 heterocycles. The molecule has 1 atom stereocenters. The maximum atomic E-state index is 12.1. The van der Waals surface area contributed by atoms with Crippen LogP contribution in [0.4, 0.5) is 0 Å². The molecule has 1 aromatic heterocycles. The van der Waals surface area contributed by atoms with Gasteiger partial charge in [-0.2, -0.15) is 0 Å². The average Bonchev–Trinajstić information content (AvgIpc) is 2.86. The molecule has 1 amide bonds. The predicted molar refractivity (Wildman–Crippen MR) is 92.2 cm³/mol. The van der Waals surface area contributed by atoms with Crippen LogP contribution in [0.5, 0.6) is 0 Å². The Hall–Kier alpha value is -0.920. The van der Waals surface area contributed by atoms with Gasteiger partial charge in [0.25, 0.3) is 5.91 Å². The molecule has 20 heavy (non-hydrogen) atoms. The maximum Gasteiger partial charge on any atom is 0.252 e. The number of rotatable bonds is 5. The van der Waals surface area contributed by atoms with Crippen molar-refractivity contribution in [2.24, 2.45) is 0 Å². The number of hydrogen-bond acceptors (Lipinski definition) is 3. The summed E-state index contributed by atoms with van der Waals surface area (Å²) >= 11 is 3.81. The molecule has 0 saturated carbocycles. The first-order chi connectivity index (χ1) is 9.58. The van der Waals surface area contributed by atoms with Crippen LogP contribution < -0.4 is 5.32 Å². The summed E-state index contributed by atoms with van der Waals surface area (Å²) < 4.78 is 1.12. The smallest absolute Gasteiger partial charge is 0.252 e. The number of nitrogens with zero attached hydrogens (tertiary/aromatic N) is 1. The average molecular weight is 400 g/mol. The molecular weight excluding hydrogens is 383 g/mol. The van der Waals surface area contributed by atoms with Gasteiger partial charge in [-0.25, -0.2) is 0 Å². The summed E-state index contributed by atoms with van der Waals surface area (Å²) in [6.45, 7) is 0.599. The molecular formula is C15H17IN2OS. The monoisotopic (exact) mass is 400 g/mol. The summed E-state index contributed by atoms with van der Waals surface area (Å²) in [4.78, 5) is 14.2. The molecule has 2 aromatic rings. The Morgan fingerprint density at radius 1 is 1.35 bits per heavy atom. The fraction of sp³-hybridized carbons (Fsp3) is 0.267. The molecule has 106 valence electrons. The molecule has 0 spiro atoms. The Labute approximate surface area is 137 Å². The van der Waals surface area contributed by atoms with E-state index < -0.39 is 0 Å². The summed E-state index contributed by atoms with van der Waals surface area (Å²) in [6, 6.07) is 12.3. The van der Waals surface area contributed by atoms with Crippen LogP contribution in [0.2, 0.25) is 0 Å². The molecule has 1 N–H and O–H groups in total. The van der Waals surface area contributed by atoms with Crippen LogP contribution in [0.3, 0.4) is 0 Å². The highest BCUT2D eigenvalue weighted by molar-refractivity contribution is 14.1. The van der Waals surface area contributed by atoms with Crippen molar-refractivity contribution in [1.82, 2.24) is 10.2 Å². The van der Waals surface area contributed by atoms with E-state index in [0.29, 0.717) is 6.54 Å². The van der Waals surface area contributed by atoms with Gasteiger partial charge in [-0.1, -0.05) is 30.3 Å². The number of amides is 1. The standard InChI is InChI=1S/C15H17IN2OS/c1-18(2)13(11-6-4-3-5-7-11)9-17-15(19)12-8-14(16)20-10-12/h3-8,10,13H,9H2,1-2H3,(H,17,19). The molecule has 1 unspecified atom stereocenters. The third kappa shape index (κ3) is 4.04. The van der Waals surface area contributed by atoms with Crippen LogP contribution in [0, 0.1) is 2.88 Å². The van der Waals surface area contributed by atoms with Gasteiger partial charge in [0.15, 0.2) is 0 Å². The van der Waals surface area contributed by atoms with Gasteiger partial charge in [0.05, 0.1) is 14.5 Å². The number of benzene rings is 1. The lowest BCUT2D eigenvalue weighted by Gasteiger charge is -2.25. The third-order valence-corrected chi connectivity index (χ3v) is 4.88. The van der Waals surface area contributed by atoms with Crippen LogP contribution >= 0.6 is 33.9 Å². The zero-order valence-corrected chi connectivity index (χ0v) is 14.4. The quantitative estimate of drug-likeness (QED) is 0.781. The molecule has 3 nitrogen and oxygen atoms in total. The SMILES string of the molecule is CN(C)C(CNC(=O)c1csc(I)c1)c1ccccc1. The fourth-order valence-electron chi connectivity index (χ4n) is 1.99. The summed E-state index contributed by atoms with van der Waals surface area (Å²) in [5.41, 5.74) is 1.95. The highest BCUT2D eigenvalue weighted by atomic mass is 127. The number of likely N-dealkylation sites (N-methyl/N-ethyl adjacent to an activating group) is 1. The van der Waals surface area contributed by atoms with Gasteiger partial charge in [0.1, 0.15) is 0 Å². The van der Waals surface area contributed by atoms with E-state index in [9.17, 15) is 4.79 Å². The first kappa shape index (κ1) is 15.5. The van der Waals surface area contributed by atoms with E-state index in [1.165, 1.54) is 5.56 Å². The number of hydrogen-bond donors (Lipinski definition) is 1. The molecule has 0 aliphatic heterocycles. The number of carbonyl (C=O) groups excluding carboxylic acids is 1. The lowest BCUT2D eigenvalue weighted by atomic mass is 10.1. The highest BCUT2D eigenvalue weighted by Crippen LogP contribution is 2.18. The van der Waals surface area contributed by atoms with E-state index in [2.05, 4.69) is 44.9 Å². The van der Waals surface area contributed by atoms with Crippen LogP contribution in [0.1, 0.15) is 22.0 Å². The van der Waals surface area contributed by atoms with Gasteiger partial charge in [-0.3, -0.25) is 4.79 Å². The van der Waals surface area contributed by atoms with Gasteiger partial charge in [0.2, 0.25) is 0 Å².